The van der Waals surface area contributed by atoms with Crippen LogP contribution in [0.25, 0.3) is 0 Å². The first kappa shape index (κ1) is 19.5. The van der Waals surface area contributed by atoms with Crippen LogP contribution >= 0.6 is 24.0 Å². The highest BCUT2D eigenvalue weighted by Crippen LogP contribution is 2.31. The van der Waals surface area contributed by atoms with Gasteiger partial charge in [-0.2, -0.15) is 0 Å². The zero-order valence-corrected chi connectivity index (χ0v) is 15.3. The third kappa shape index (κ3) is 3.21. The minimum Gasteiger partial charge on any atom is -0.465 e. The Morgan fingerprint density at radius 2 is 2.00 bits per heavy atom. The van der Waals surface area contributed by atoms with Gasteiger partial charge in [-0.15, -0.1) is 12.4 Å². The van der Waals surface area contributed by atoms with Gasteiger partial charge in [-0.25, -0.2) is 4.79 Å². The fraction of sp³-hybridized carbons (Fsp3) is 0.438. The summed E-state index contributed by atoms with van der Waals surface area (Å²) < 4.78 is 4.72. The molecular weight excluding hydrogens is 339 g/mol. The summed E-state index contributed by atoms with van der Waals surface area (Å²) in [6.07, 6.45) is 0. The molecule has 1 aromatic rings. The number of hydrogen-bond donors (Lipinski definition) is 1. The number of nitrogens with one attached hydrogen (secondary N) is 1. The Balaban J connectivity index is 0.00000264. The maximum Gasteiger partial charge on any atom is 0.339 e. The van der Waals surface area contributed by atoms with Crippen molar-refractivity contribution in [1.82, 2.24) is 5.32 Å². The van der Waals surface area contributed by atoms with E-state index < -0.39 is 11.5 Å². The predicted molar refractivity (Wildman–Crippen MR) is 92.7 cm³/mol. The zero-order chi connectivity index (χ0) is 16.7. The molecule has 0 saturated heterocycles. The topological polar surface area (TPSA) is 67.8 Å². The maximum atomic E-state index is 12.3. The van der Waals surface area contributed by atoms with Gasteiger partial charge in [-0.3, -0.25) is 9.79 Å². The summed E-state index contributed by atoms with van der Waals surface area (Å²) in [6, 6.07) is 3.36. The molecule has 0 aliphatic carbocycles. The van der Waals surface area contributed by atoms with Gasteiger partial charge in [0.1, 0.15) is 11.4 Å². The molecule has 2 rings (SSSR count). The van der Waals surface area contributed by atoms with E-state index in [9.17, 15) is 9.59 Å². The monoisotopic (exact) mass is 358 g/mol. The number of carbonyl (C=O) groups is 2. The second kappa shape index (κ2) is 6.89. The lowest BCUT2D eigenvalue weighted by atomic mass is 9.89. The molecule has 7 heteroatoms. The minimum absolute atomic E-state index is 0. The fourth-order valence-corrected chi connectivity index (χ4v) is 2.66. The second-order valence-electron chi connectivity index (χ2n) is 5.83. The lowest BCUT2D eigenvalue weighted by Crippen LogP contribution is -2.41. The van der Waals surface area contributed by atoms with Crippen LogP contribution in [0.5, 0.6) is 0 Å². The molecule has 1 N–H and O–H groups in total. The van der Waals surface area contributed by atoms with E-state index >= 15 is 0 Å². The molecule has 1 aliphatic rings. The number of nitrogens with zero attached hydrogens (tertiary/aromatic N) is 1. The summed E-state index contributed by atoms with van der Waals surface area (Å²) in [5.74, 6) is -0.262. The van der Waals surface area contributed by atoms with E-state index in [0.717, 1.165) is 5.56 Å². The molecule has 0 aromatic heterocycles. The number of methoxy groups -OCH3 is 1. The van der Waals surface area contributed by atoms with Crippen molar-refractivity contribution in [3.63, 3.8) is 0 Å². The lowest BCUT2D eigenvalue weighted by molar-refractivity contribution is -0.124. The van der Waals surface area contributed by atoms with Gasteiger partial charge >= 0.3 is 5.97 Å². The molecule has 0 spiro atoms. The highest BCUT2D eigenvalue weighted by molar-refractivity contribution is 6.38. The van der Waals surface area contributed by atoms with Crippen LogP contribution in [-0.4, -0.2) is 30.4 Å². The van der Waals surface area contributed by atoms with E-state index in [1.54, 1.807) is 19.1 Å². The number of ether oxygens (including phenoxy) is 1. The highest BCUT2D eigenvalue weighted by Gasteiger charge is 2.42. The van der Waals surface area contributed by atoms with Crippen molar-refractivity contribution in [3.05, 3.63) is 33.8 Å². The maximum absolute atomic E-state index is 12.3. The van der Waals surface area contributed by atoms with Crippen LogP contribution in [0.15, 0.2) is 17.1 Å². The number of halogens is 2. The van der Waals surface area contributed by atoms with Crippen LogP contribution in [0, 0.1) is 12.8 Å². The Hall–Kier alpha value is -1.59. The van der Waals surface area contributed by atoms with Crippen LogP contribution in [0.1, 0.15) is 42.3 Å². The number of amides is 1. The molecule has 0 radical (unpaired) electrons. The summed E-state index contributed by atoms with van der Waals surface area (Å²) in [7, 11) is 1.29. The molecule has 1 heterocycles. The predicted octanol–water partition coefficient (Wildman–Crippen LogP) is 3.15. The van der Waals surface area contributed by atoms with E-state index in [1.165, 1.54) is 7.11 Å². The Morgan fingerprint density at radius 3 is 2.48 bits per heavy atom. The molecule has 0 fully saturated rings. The molecule has 1 unspecified atom stereocenters. The first-order valence-electron chi connectivity index (χ1n) is 7.01. The molecular formula is C16H20Cl2N2O3. The Bertz CT molecular complexity index is 686. The quantitative estimate of drug-likeness (QED) is 0.843. The number of carbonyl (C=O) groups excluding carboxylic acids is 2. The average Bonchev–Trinajstić information content (AvgIpc) is 2.75. The fourth-order valence-electron chi connectivity index (χ4n) is 2.29. The third-order valence-corrected chi connectivity index (χ3v) is 4.54. The van der Waals surface area contributed by atoms with E-state index in [1.807, 2.05) is 20.8 Å². The standard InChI is InChI=1S/C16H19ClN2O3.ClH/c1-8(2)16(4)15(21)18-13(19-16)11-9(3)6-7-10(12(11)17)14(20)22-5;/h6-8H,1-5H3,(H,18,19,21);1H. The molecule has 1 aromatic carbocycles. The first-order chi connectivity index (χ1) is 10.2. The number of amidine groups is 1. The van der Waals surface area contributed by atoms with Crippen molar-refractivity contribution in [3.8, 4) is 0 Å². The summed E-state index contributed by atoms with van der Waals surface area (Å²) in [5, 5.41) is 3.02. The van der Waals surface area contributed by atoms with E-state index in [-0.39, 0.29) is 34.8 Å². The Labute approximate surface area is 146 Å². The van der Waals surface area contributed by atoms with Crippen LogP contribution in [0.3, 0.4) is 0 Å². The first-order valence-corrected chi connectivity index (χ1v) is 7.39. The van der Waals surface area contributed by atoms with Gasteiger partial charge in [-0.1, -0.05) is 31.5 Å². The third-order valence-electron chi connectivity index (χ3n) is 4.15. The smallest absolute Gasteiger partial charge is 0.339 e. The van der Waals surface area contributed by atoms with Crippen LogP contribution in [0.2, 0.25) is 5.02 Å². The van der Waals surface area contributed by atoms with Gasteiger partial charge in [0.05, 0.1) is 17.7 Å². The highest BCUT2D eigenvalue weighted by atomic mass is 35.5. The SMILES string of the molecule is COC(=O)c1ccc(C)c(C2=NC(C)(C(C)C)C(=O)N2)c1Cl.Cl. The number of esters is 1. The number of aryl methyl sites for hydroxylation is 1. The molecule has 126 valence electrons. The number of aliphatic imine (C=N–C) groups is 1. The van der Waals surface area contributed by atoms with E-state index in [0.29, 0.717) is 11.4 Å². The molecule has 1 amide bonds. The summed E-state index contributed by atoms with van der Waals surface area (Å²) in [4.78, 5) is 28.6. The van der Waals surface area contributed by atoms with Crippen molar-refractivity contribution >= 4 is 41.7 Å². The molecule has 0 bridgehead atoms. The molecule has 23 heavy (non-hydrogen) atoms. The zero-order valence-electron chi connectivity index (χ0n) is 13.7. The van der Waals surface area contributed by atoms with Crippen molar-refractivity contribution in [2.45, 2.75) is 33.2 Å². The van der Waals surface area contributed by atoms with E-state index in [2.05, 4.69) is 10.3 Å². The molecule has 1 atom stereocenters. The number of hydrogen-bond acceptors (Lipinski definition) is 4. The van der Waals surface area contributed by atoms with Gasteiger partial charge in [0.25, 0.3) is 5.91 Å². The number of rotatable bonds is 3. The lowest BCUT2D eigenvalue weighted by Gasteiger charge is -2.21. The van der Waals surface area contributed by atoms with Gasteiger partial charge in [0, 0.05) is 5.56 Å². The Kier molecular flexibility index (Phi) is 5.83. The average molecular weight is 359 g/mol. The molecule has 0 saturated carbocycles. The van der Waals surface area contributed by atoms with Gasteiger partial charge in [-0.05, 0) is 31.4 Å². The Morgan fingerprint density at radius 1 is 1.39 bits per heavy atom. The van der Waals surface area contributed by atoms with Gasteiger partial charge < -0.3 is 10.1 Å². The van der Waals surface area contributed by atoms with E-state index in [4.69, 9.17) is 16.3 Å². The van der Waals surface area contributed by atoms with Crippen LogP contribution in [-0.2, 0) is 9.53 Å². The summed E-state index contributed by atoms with van der Waals surface area (Å²) >= 11 is 6.36. The largest absolute Gasteiger partial charge is 0.465 e. The summed E-state index contributed by atoms with van der Waals surface area (Å²) in [6.45, 7) is 7.51. The van der Waals surface area contributed by atoms with Crippen LogP contribution < -0.4 is 5.32 Å². The van der Waals surface area contributed by atoms with Crippen molar-refractivity contribution in [2.24, 2.45) is 10.9 Å². The number of benzene rings is 1. The molecule has 5 nitrogen and oxygen atoms in total. The second-order valence-corrected chi connectivity index (χ2v) is 6.21. The van der Waals surface area contributed by atoms with Crippen molar-refractivity contribution < 1.29 is 14.3 Å². The normalized spacial score (nSPS) is 20.0. The van der Waals surface area contributed by atoms with Gasteiger partial charge in [0.15, 0.2) is 0 Å². The minimum atomic E-state index is -0.841. The van der Waals surface area contributed by atoms with Crippen molar-refractivity contribution in [2.75, 3.05) is 7.11 Å². The van der Waals surface area contributed by atoms with Gasteiger partial charge in [0.2, 0.25) is 0 Å². The summed E-state index contributed by atoms with van der Waals surface area (Å²) in [5.41, 5.74) is 0.790. The molecule has 1 aliphatic heterocycles. The van der Waals surface area contributed by atoms with Crippen molar-refractivity contribution in [1.29, 1.82) is 0 Å². The van der Waals surface area contributed by atoms with Crippen LogP contribution in [0.4, 0.5) is 0 Å².